The number of alkyl halides is 3. The molecule has 0 spiro atoms. The highest BCUT2D eigenvalue weighted by atomic mass is 19.4. The molecule has 2 bridgehead atoms. The molecule has 0 amide bonds. The second kappa shape index (κ2) is 8.17. The number of fused-ring (bicyclic) bond motifs is 5. The fraction of sp³-hybridized carbons (Fsp3) is 0.308. The maximum Gasteiger partial charge on any atom is 0.573 e. The Kier molecular flexibility index (Phi) is 5.33. The third-order valence-electron chi connectivity index (χ3n) is 6.56. The van der Waals surface area contributed by atoms with E-state index in [-0.39, 0.29) is 5.75 Å². The standard InChI is InChI=1S/C26H24F3NO2/c1-31-21-9-4-18(5-10-21)19-6-11-23-20-12-13-30(25(15-20)24(23)14-19)16-17-2-7-22(8-3-17)32-26(27,28)29/h2-11,14,20,25H,12-13,15-16H2,1H3/t20?,25-/m1/s1. The molecule has 0 saturated carbocycles. The highest BCUT2D eigenvalue weighted by molar-refractivity contribution is 5.66. The molecule has 1 aliphatic heterocycles. The first-order valence-electron chi connectivity index (χ1n) is 10.8. The lowest BCUT2D eigenvalue weighted by molar-refractivity contribution is -0.274. The van der Waals surface area contributed by atoms with Crippen molar-refractivity contribution >= 4 is 0 Å². The lowest BCUT2D eigenvalue weighted by Crippen LogP contribution is -2.31. The monoisotopic (exact) mass is 439 g/mol. The van der Waals surface area contributed by atoms with Gasteiger partial charge < -0.3 is 9.47 Å². The summed E-state index contributed by atoms with van der Waals surface area (Å²) in [6.45, 7) is 1.68. The number of hydrogen-bond donors (Lipinski definition) is 0. The minimum atomic E-state index is -4.67. The molecule has 1 heterocycles. The van der Waals surface area contributed by atoms with Gasteiger partial charge in [0.1, 0.15) is 11.5 Å². The topological polar surface area (TPSA) is 21.7 Å². The molecular formula is C26H24F3NO2. The van der Waals surface area contributed by atoms with E-state index < -0.39 is 6.36 Å². The summed E-state index contributed by atoms with van der Waals surface area (Å²) in [7, 11) is 1.66. The van der Waals surface area contributed by atoms with E-state index in [1.807, 2.05) is 12.1 Å². The molecular weight excluding hydrogens is 415 g/mol. The van der Waals surface area contributed by atoms with E-state index in [0.717, 1.165) is 36.3 Å². The van der Waals surface area contributed by atoms with Crippen molar-refractivity contribution < 1.29 is 22.6 Å². The van der Waals surface area contributed by atoms with Gasteiger partial charge in [0.15, 0.2) is 0 Å². The molecule has 1 aliphatic carbocycles. The number of piperidine rings is 1. The molecule has 1 unspecified atom stereocenters. The molecule has 0 radical (unpaired) electrons. The molecule has 6 heteroatoms. The molecule has 0 aromatic heterocycles. The zero-order valence-corrected chi connectivity index (χ0v) is 17.7. The minimum Gasteiger partial charge on any atom is -0.497 e. The van der Waals surface area contributed by atoms with Gasteiger partial charge in [-0.25, -0.2) is 0 Å². The van der Waals surface area contributed by atoms with Crippen LogP contribution in [0, 0.1) is 0 Å². The third kappa shape index (κ3) is 4.19. The van der Waals surface area contributed by atoms with E-state index in [9.17, 15) is 13.2 Å². The minimum absolute atomic E-state index is 0.185. The summed E-state index contributed by atoms with van der Waals surface area (Å²) in [6, 6.07) is 21.4. The van der Waals surface area contributed by atoms with Gasteiger partial charge in [0, 0.05) is 12.6 Å². The molecule has 1 fully saturated rings. The van der Waals surface area contributed by atoms with Crippen LogP contribution in [0.3, 0.4) is 0 Å². The van der Waals surface area contributed by atoms with E-state index in [1.165, 1.54) is 28.8 Å². The van der Waals surface area contributed by atoms with Crippen LogP contribution in [0.25, 0.3) is 11.1 Å². The maximum atomic E-state index is 12.4. The van der Waals surface area contributed by atoms with E-state index in [0.29, 0.717) is 18.5 Å². The second-order valence-electron chi connectivity index (χ2n) is 8.47. The van der Waals surface area contributed by atoms with Gasteiger partial charge in [-0.1, -0.05) is 36.4 Å². The van der Waals surface area contributed by atoms with E-state index in [1.54, 1.807) is 19.2 Å². The molecule has 3 aromatic rings. The zero-order valence-electron chi connectivity index (χ0n) is 17.7. The summed E-state index contributed by atoms with van der Waals surface area (Å²) in [5.41, 5.74) is 6.13. The number of halogens is 3. The van der Waals surface area contributed by atoms with Crippen molar-refractivity contribution in [1.29, 1.82) is 0 Å². The smallest absolute Gasteiger partial charge is 0.497 e. The number of nitrogens with zero attached hydrogens (tertiary/aromatic N) is 1. The van der Waals surface area contributed by atoms with Crippen molar-refractivity contribution in [2.45, 2.75) is 37.7 Å². The fourth-order valence-corrected chi connectivity index (χ4v) is 5.04. The van der Waals surface area contributed by atoms with Crippen molar-refractivity contribution in [3.05, 3.63) is 83.4 Å². The Morgan fingerprint density at radius 3 is 2.25 bits per heavy atom. The first-order valence-corrected chi connectivity index (χ1v) is 10.8. The largest absolute Gasteiger partial charge is 0.573 e. The number of methoxy groups -OCH3 is 1. The first-order chi connectivity index (χ1) is 15.4. The maximum absolute atomic E-state index is 12.4. The van der Waals surface area contributed by atoms with Crippen LogP contribution in [-0.4, -0.2) is 24.9 Å². The van der Waals surface area contributed by atoms with Crippen molar-refractivity contribution in [3.63, 3.8) is 0 Å². The van der Waals surface area contributed by atoms with E-state index >= 15 is 0 Å². The highest BCUT2D eigenvalue weighted by Gasteiger charge is 2.38. The van der Waals surface area contributed by atoms with Gasteiger partial charge in [-0.2, -0.15) is 0 Å². The number of likely N-dealkylation sites (tertiary alicyclic amines) is 1. The molecule has 2 aliphatic rings. The van der Waals surface area contributed by atoms with Gasteiger partial charge in [0.25, 0.3) is 0 Å². The van der Waals surface area contributed by atoms with Crippen molar-refractivity contribution in [1.82, 2.24) is 4.90 Å². The van der Waals surface area contributed by atoms with Gasteiger partial charge in [-0.05, 0) is 83.5 Å². The van der Waals surface area contributed by atoms with Crippen LogP contribution in [0.5, 0.6) is 11.5 Å². The average Bonchev–Trinajstić information content (AvgIpc) is 3.08. The van der Waals surface area contributed by atoms with Crippen LogP contribution in [-0.2, 0) is 6.54 Å². The van der Waals surface area contributed by atoms with Crippen molar-refractivity contribution in [3.8, 4) is 22.6 Å². The van der Waals surface area contributed by atoms with Crippen LogP contribution in [0.2, 0.25) is 0 Å². The van der Waals surface area contributed by atoms with Gasteiger partial charge >= 0.3 is 6.36 Å². The predicted octanol–water partition coefficient (Wildman–Crippen LogP) is 6.70. The molecule has 1 saturated heterocycles. The number of hydrogen-bond acceptors (Lipinski definition) is 3. The van der Waals surface area contributed by atoms with Gasteiger partial charge in [0.05, 0.1) is 7.11 Å². The molecule has 3 aromatic carbocycles. The Hall–Kier alpha value is -2.99. The van der Waals surface area contributed by atoms with Gasteiger partial charge in [-0.3, -0.25) is 4.90 Å². The lowest BCUT2D eigenvalue weighted by atomic mass is 9.94. The van der Waals surface area contributed by atoms with Gasteiger partial charge in [0.2, 0.25) is 0 Å². The van der Waals surface area contributed by atoms with Crippen molar-refractivity contribution in [2.24, 2.45) is 0 Å². The van der Waals surface area contributed by atoms with Gasteiger partial charge in [-0.15, -0.1) is 13.2 Å². The SMILES string of the molecule is COc1ccc(-c2ccc3c(c2)[C@H]2CC3CCN2Cc2ccc(OC(F)(F)F)cc2)cc1. The second-order valence-corrected chi connectivity index (χ2v) is 8.47. The molecule has 5 rings (SSSR count). The summed E-state index contributed by atoms with van der Waals surface area (Å²) in [5, 5.41) is 0. The molecule has 2 atom stereocenters. The lowest BCUT2D eigenvalue weighted by Gasteiger charge is -2.34. The van der Waals surface area contributed by atoms with E-state index in [2.05, 4.69) is 40.0 Å². The Labute approximate surface area is 185 Å². The summed E-state index contributed by atoms with van der Waals surface area (Å²) in [4.78, 5) is 2.44. The number of benzene rings is 3. The van der Waals surface area contributed by atoms with Crippen LogP contribution >= 0.6 is 0 Å². The Bertz CT molecular complexity index is 1090. The summed E-state index contributed by atoms with van der Waals surface area (Å²) < 4.78 is 46.5. The Balaban J connectivity index is 1.36. The quantitative estimate of drug-likeness (QED) is 0.442. The molecule has 0 N–H and O–H groups in total. The van der Waals surface area contributed by atoms with Crippen LogP contribution in [0.4, 0.5) is 13.2 Å². The summed E-state index contributed by atoms with van der Waals surface area (Å²) in [6.07, 6.45) is -2.48. The Morgan fingerprint density at radius 1 is 0.875 bits per heavy atom. The summed E-state index contributed by atoms with van der Waals surface area (Å²) >= 11 is 0. The number of ether oxygens (including phenoxy) is 2. The zero-order chi connectivity index (χ0) is 22.3. The van der Waals surface area contributed by atoms with Crippen LogP contribution in [0.15, 0.2) is 66.7 Å². The van der Waals surface area contributed by atoms with Crippen molar-refractivity contribution in [2.75, 3.05) is 13.7 Å². The number of rotatable bonds is 5. The normalized spacial score (nSPS) is 20.1. The first kappa shape index (κ1) is 20.9. The third-order valence-corrected chi connectivity index (χ3v) is 6.56. The Morgan fingerprint density at radius 2 is 1.56 bits per heavy atom. The van der Waals surface area contributed by atoms with Crippen LogP contribution in [0.1, 0.15) is 41.5 Å². The highest BCUT2D eigenvalue weighted by Crippen LogP contribution is 2.50. The molecule has 166 valence electrons. The molecule has 32 heavy (non-hydrogen) atoms. The van der Waals surface area contributed by atoms with Crippen LogP contribution < -0.4 is 9.47 Å². The molecule has 3 nitrogen and oxygen atoms in total. The average molecular weight is 439 g/mol. The predicted molar refractivity (Wildman–Crippen MR) is 117 cm³/mol. The fourth-order valence-electron chi connectivity index (χ4n) is 5.04. The van der Waals surface area contributed by atoms with E-state index in [4.69, 9.17) is 4.74 Å². The summed E-state index contributed by atoms with van der Waals surface area (Å²) in [5.74, 6) is 1.23.